The van der Waals surface area contributed by atoms with E-state index in [1.54, 1.807) is 0 Å². The molecule has 0 aromatic heterocycles. The summed E-state index contributed by atoms with van der Waals surface area (Å²) in [6, 6.07) is 0. The quantitative estimate of drug-likeness (QED) is 0.293. The minimum atomic E-state index is -1.37. The normalized spacial score (nSPS) is 16.1. The Hall–Kier alpha value is -0.730. The van der Waals surface area contributed by atoms with Gasteiger partial charge in [-0.15, -0.1) is 0 Å². The molecule has 0 aliphatic heterocycles. The number of carboxylic acid groups (broad SMARTS) is 1. The van der Waals surface area contributed by atoms with Gasteiger partial charge < -0.3 is 31.3 Å². The SMILES string of the molecule is CC(=O)O.NC[C@@H](O)[C@H](O)[C@H](O)CO. The Bertz CT molecular complexity index is 139. The van der Waals surface area contributed by atoms with E-state index in [1.807, 2.05) is 0 Å². The molecule has 0 saturated carbocycles. The Labute approximate surface area is 81.4 Å². The summed E-state index contributed by atoms with van der Waals surface area (Å²) in [4.78, 5) is 9.00. The van der Waals surface area contributed by atoms with Gasteiger partial charge in [0.25, 0.3) is 5.97 Å². The number of carboxylic acids is 1. The Balaban J connectivity index is 0. The van der Waals surface area contributed by atoms with Crippen LogP contribution in [0.3, 0.4) is 0 Å². The summed E-state index contributed by atoms with van der Waals surface area (Å²) >= 11 is 0. The smallest absolute Gasteiger partial charge is 0.300 e. The van der Waals surface area contributed by atoms with Crippen LogP contribution in [-0.4, -0.2) is 63.0 Å². The Morgan fingerprint density at radius 1 is 1.29 bits per heavy atom. The van der Waals surface area contributed by atoms with Crippen molar-refractivity contribution in [1.82, 2.24) is 0 Å². The lowest BCUT2D eigenvalue weighted by molar-refractivity contribution is -0.134. The maximum absolute atomic E-state index is 9.00. The summed E-state index contributed by atoms with van der Waals surface area (Å²) in [6.07, 6.45) is -3.87. The standard InChI is InChI=1S/C5H13NO4.C2H4O2/c6-1-3(8)5(10)4(9)2-7;1-2(3)4/h3-5,7-10H,1-2,6H2;1H3,(H,3,4)/t3-,4-,5+;/m1./s1. The van der Waals surface area contributed by atoms with E-state index >= 15 is 0 Å². The third kappa shape index (κ3) is 9.36. The number of rotatable bonds is 4. The number of aliphatic carboxylic acids is 1. The lowest BCUT2D eigenvalue weighted by Gasteiger charge is -2.19. The first-order valence-electron chi connectivity index (χ1n) is 3.91. The lowest BCUT2D eigenvalue weighted by Crippen LogP contribution is -2.43. The maximum atomic E-state index is 9.00. The fourth-order valence-corrected chi connectivity index (χ4v) is 0.504. The zero-order valence-electron chi connectivity index (χ0n) is 7.87. The van der Waals surface area contributed by atoms with Gasteiger partial charge in [0.2, 0.25) is 0 Å². The number of hydrogen-bond donors (Lipinski definition) is 6. The van der Waals surface area contributed by atoms with Gasteiger partial charge in [-0.3, -0.25) is 4.79 Å². The zero-order valence-corrected chi connectivity index (χ0v) is 7.87. The predicted molar refractivity (Wildman–Crippen MR) is 47.5 cm³/mol. The van der Waals surface area contributed by atoms with Gasteiger partial charge in [-0.1, -0.05) is 0 Å². The minimum Gasteiger partial charge on any atom is -0.481 e. The van der Waals surface area contributed by atoms with Crippen molar-refractivity contribution in [3.05, 3.63) is 0 Å². The van der Waals surface area contributed by atoms with E-state index in [4.69, 9.17) is 36.1 Å². The van der Waals surface area contributed by atoms with Crippen molar-refractivity contribution in [2.75, 3.05) is 13.2 Å². The summed E-state index contributed by atoms with van der Waals surface area (Å²) in [5, 5.41) is 42.0. The van der Waals surface area contributed by atoms with Crippen molar-refractivity contribution in [3.63, 3.8) is 0 Å². The van der Waals surface area contributed by atoms with Gasteiger partial charge in [-0.25, -0.2) is 0 Å². The van der Waals surface area contributed by atoms with E-state index < -0.39 is 30.9 Å². The Morgan fingerprint density at radius 2 is 1.64 bits per heavy atom. The highest BCUT2D eigenvalue weighted by molar-refractivity contribution is 5.62. The molecule has 86 valence electrons. The second-order valence-corrected chi connectivity index (χ2v) is 2.56. The van der Waals surface area contributed by atoms with Crippen LogP contribution in [0.25, 0.3) is 0 Å². The molecule has 7 heteroatoms. The molecular formula is C7H17NO6. The van der Waals surface area contributed by atoms with Crippen molar-refractivity contribution in [2.45, 2.75) is 25.2 Å². The van der Waals surface area contributed by atoms with Crippen LogP contribution in [-0.2, 0) is 4.79 Å². The largest absolute Gasteiger partial charge is 0.481 e. The van der Waals surface area contributed by atoms with Gasteiger partial charge in [-0.2, -0.15) is 0 Å². The van der Waals surface area contributed by atoms with Crippen molar-refractivity contribution < 1.29 is 30.3 Å². The fourth-order valence-electron chi connectivity index (χ4n) is 0.504. The molecule has 0 heterocycles. The van der Waals surface area contributed by atoms with Gasteiger partial charge in [0.1, 0.15) is 12.2 Å². The van der Waals surface area contributed by atoms with Crippen LogP contribution >= 0.6 is 0 Å². The molecule has 0 rings (SSSR count). The van der Waals surface area contributed by atoms with Gasteiger partial charge in [0.05, 0.1) is 12.7 Å². The summed E-state index contributed by atoms with van der Waals surface area (Å²) in [7, 11) is 0. The molecule has 0 saturated heterocycles. The van der Waals surface area contributed by atoms with Crippen molar-refractivity contribution in [2.24, 2.45) is 5.73 Å². The fraction of sp³-hybridized carbons (Fsp3) is 0.857. The van der Waals surface area contributed by atoms with Crippen LogP contribution in [0, 0.1) is 0 Å². The first kappa shape index (κ1) is 15.7. The monoisotopic (exact) mass is 211 g/mol. The summed E-state index contributed by atoms with van der Waals surface area (Å²) in [5.74, 6) is -0.833. The molecule has 0 aliphatic rings. The van der Waals surface area contributed by atoms with E-state index in [2.05, 4.69) is 0 Å². The highest BCUT2D eigenvalue weighted by Crippen LogP contribution is 1.97. The summed E-state index contributed by atoms with van der Waals surface area (Å²) < 4.78 is 0. The van der Waals surface area contributed by atoms with Gasteiger partial charge >= 0.3 is 0 Å². The Morgan fingerprint density at radius 3 is 1.86 bits per heavy atom. The van der Waals surface area contributed by atoms with E-state index in [0.29, 0.717) is 0 Å². The van der Waals surface area contributed by atoms with Crippen molar-refractivity contribution in [1.29, 1.82) is 0 Å². The third-order valence-electron chi connectivity index (χ3n) is 1.22. The number of carbonyl (C=O) groups is 1. The molecule has 0 spiro atoms. The number of nitrogens with two attached hydrogens (primary N) is 1. The average molecular weight is 211 g/mol. The van der Waals surface area contributed by atoms with E-state index in [1.165, 1.54) is 0 Å². The van der Waals surface area contributed by atoms with E-state index in [9.17, 15) is 0 Å². The second kappa shape index (κ2) is 8.85. The number of aliphatic hydroxyl groups is 4. The highest BCUT2D eigenvalue weighted by Gasteiger charge is 2.22. The molecule has 0 unspecified atom stereocenters. The molecule has 3 atom stereocenters. The molecule has 0 amide bonds. The van der Waals surface area contributed by atoms with Crippen LogP contribution in [0.4, 0.5) is 0 Å². The molecule has 0 radical (unpaired) electrons. The van der Waals surface area contributed by atoms with Crippen LogP contribution in [0.15, 0.2) is 0 Å². The number of hydrogen-bond acceptors (Lipinski definition) is 6. The molecule has 7 N–H and O–H groups in total. The van der Waals surface area contributed by atoms with E-state index in [-0.39, 0.29) is 6.54 Å². The van der Waals surface area contributed by atoms with Gasteiger partial charge in [-0.05, 0) is 0 Å². The van der Waals surface area contributed by atoms with Crippen molar-refractivity contribution >= 4 is 5.97 Å². The topological polar surface area (TPSA) is 144 Å². The van der Waals surface area contributed by atoms with Gasteiger partial charge in [0, 0.05) is 13.5 Å². The van der Waals surface area contributed by atoms with Crippen LogP contribution < -0.4 is 5.73 Å². The zero-order chi connectivity index (χ0) is 11.7. The van der Waals surface area contributed by atoms with Crippen LogP contribution in [0.5, 0.6) is 0 Å². The second-order valence-electron chi connectivity index (χ2n) is 2.56. The molecule has 0 aromatic carbocycles. The predicted octanol–water partition coefficient (Wildman–Crippen LogP) is -2.89. The van der Waals surface area contributed by atoms with Crippen LogP contribution in [0.2, 0.25) is 0 Å². The van der Waals surface area contributed by atoms with Crippen molar-refractivity contribution in [3.8, 4) is 0 Å². The minimum absolute atomic E-state index is 0.141. The molecule has 0 aliphatic carbocycles. The maximum Gasteiger partial charge on any atom is 0.300 e. The molecule has 0 fully saturated rings. The summed E-state index contributed by atoms with van der Waals surface area (Å²) in [6.45, 7) is 0.358. The molecule has 14 heavy (non-hydrogen) atoms. The highest BCUT2D eigenvalue weighted by atomic mass is 16.4. The average Bonchev–Trinajstić information content (AvgIpc) is 2.13. The third-order valence-corrected chi connectivity index (χ3v) is 1.22. The first-order valence-corrected chi connectivity index (χ1v) is 3.91. The summed E-state index contributed by atoms with van der Waals surface area (Å²) in [5.41, 5.74) is 4.96. The molecule has 7 nitrogen and oxygen atoms in total. The molecule has 0 bridgehead atoms. The van der Waals surface area contributed by atoms with E-state index in [0.717, 1.165) is 6.92 Å². The number of aliphatic hydroxyl groups excluding tert-OH is 4. The molecule has 0 aromatic rings. The Kier molecular flexibility index (Phi) is 9.94. The first-order chi connectivity index (χ1) is 6.36. The van der Waals surface area contributed by atoms with Crippen LogP contribution in [0.1, 0.15) is 6.92 Å². The lowest BCUT2D eigenvalue weighted by atomic mass is 10.1. The molecular weight excluding hydrogens is 194 g/mol. The van der Waals surface area contributed by atoms with Gasteiger partial charge in [0.15, 0.2) is 0 Å².